The van der Waals surface area contributed by atoms with Crippen LogP contribution in [-0.4, -0.2) is 0 Å². The lowest BCUT2D eigenvalue weighted by Crippen LogP contribution is -2.48. The summed E-state index contributed by atoms with van der Waals surface area (Å²) in [6.07, 6.45) is 8.70. The molecule has 0 N–H and O–H groups in total. The third-order valence-corrected chi connectivity index (χ3v) is 13.7. The van der Waals surface area contributed by atoms with Gasteiger partial charge in [-0.05, 0) is 148 Å². The third kappa shape index (κ3) is 4.91. The maximum atomic E-state index is 2.47. The zero-order chi connectivity index (χ0) is 35.7. The summed E-state index contributed by atoms with van der Waals surface area (Å²) in [5.74, 6) is 2.89. The molecule has 4 fully saturated rings. The monoisotopic (exact) mass is 695 g/mol. The fraction of sp³-hybridized carbons (Fsp3) is 0.208. The average molecular weight is 696 g/mol. The smallest absolute Gasteiger partial charge is 0.0714 e. The molecule has 4 bridgehead atoms. The van der Waals surface area contributed by atoms with Crippen LogP contribution < -0.4 is 4.90 Å². The topological polar surface area (TPSA) is 3.24 Å². The Bertz CT molecular complexity index is 2370. The first-order valence-electron chi connectivity index (χ1n) is 20.1. The second kappa shape index (κ2) is 12.5. The molecule has 7 aromatic rings. The minimum Gasteiger partial charge on any atom is -0.310 e. The normalized spacial score (nSPS) is 22.8. The van der Waals surface area contributed by atoms with E-state index in [0.717, 1.165) is 34.8 Å². The summed E-state index contributed by atoms with van der Waals surface area (Å²) >= 11 is 0. The summed E-state index contributed by atoms with van der Waals surface area (Å²) in [6, 6.07) is 68.1. The Morgan fingerprint density at radius 3 is 1.43 bits per heavy atom. The Balaban J connectivity index is 0.998. The summed E-state index contributed by atoms with van der Waals surface area (Å²) in [5, 5.41) is 0. The lowest BCUT2D eigenvalue weighted by Gasteiger charge is -2.57. The third-order valence-electron chi connectivity index (χ3n) is 13.7. The predicted octanol–water partition coefficient (Wildman–Crippen LogP) is 13.7. The molecule has 4 saturated carbocycles. The van der Waals surface area contributed by atoms with Crippen molar-refractivity contribution in [2.75, 3.05) is 4.90 Å². The first kappa shape index (κ1) is 31.8. The van der Waals surface area contributed by atoms with E-state index in [0.29, 0.717) is 5.41 Å². The first-order chi connectivity index (χ1) is 26.7. The molecule has 5 aliphatic rings. The van der Waals surface area contributed by atoms with E-state index in [-0.39, 0.29) is 0 Å². The van der Waals surface area contributed by atoms with Crippen LogP contribution in [-0.2, 0) is 10.8 Å². The zero-order valence-corrected chi connectivity index (χ0v) is 30.7. The van der Waals surface area contributed by atoms with Gasteiger partial charge in [-0.1, -0.05) is 146 Å². The van der Waals surface area contributed by atoms with Crippen LogP contribution in [0.25, 0.3) is 22.3 Å². The van der Waals surface area contributed by atoms with E-state index < -0.39 is 5.41 Å². The molecule has 0 saturated heterocycles. The van der Waals surface area contributed by atoms with Gasteiger partial charge in [0.2, 0.25) is 0 Å². The van der Waals surface area contributed by atoms with Crippen molar-refractivity contribution in [3.63, 3.8) is 0 Å². The van der Waals surface area contributed by atoms with Gasteiger partial charge in [0.1, 0.15) is 0 Å². The highest BCUT2D eigenvalue weighted by molar-refractivity contribution is 5.89. The van der Waals surface area contributed by atoms with Crippen molar-refractivity contribution in [3.8, 4) is 22.3 Å². The van der Waals surface area contributed by atoms with Crippen LogP contribution >= 0.6 is 0 Å². The Morgan fingerprint density at radius 1 is 0.370 bits per heavy atom. The molecule has 0 heterocycles. The van der Waals surface area contributed by atoms with Crippen LogP contribution in [0.2, 0.25) is 0 Å². The maximum Gasteiger partial charge on any atom is 0.0714 e. The highest BCUT2D eigenvalue weighted by atomic mass is 15.1. The van der Waals surface area contributed by atoms with Crippen molar-refractivity contribution in [1.82, 2.24) is 0 Å². The molecule has 1 nitrogen and oxygen atoms in total. The number of anilines is 3. The van der Waals surface area contributed by atoms with E-state index in [1.165, 1.54) is 83.0 Å². The Hall–Kier alpha value is -5.66. The molecule has 0 amide bonds. The fourth-order valence-corrected chi connectivity index (χ4v) is 11.9. The molecule has 1 heteroatoms. The summed E-state index contributed by atoms with van der Waals surface area (Å²) < 4.78 is 0. The quantitative estimate of drug-likeness (QED) is 0.160. The number of fused-ring (bicyclic) bond motifs is 3. The van der Waals surface area contributed by atoms with Gasteiger partial charge in [-0.25, -0.2) is 0 Å². The van der Waals surface area contributed by atoms with Crippen LogP contribution in [0.3, 0.4) is 0 Å². The lowest BCUT2D eigenvalue weighted by molar-refractivity contribution is -0.00518. The van der Waals surface area contributed by atoms with Gasteiger partial charge in [0, 0.05) is 17.1 Å². The molecule has 0 aliphatic heterocycles. The van der Waals surface area contributed by atoms with E-state index in [9.17, 15) is 0 Å². The lowest BCUT2D eigenvalue weighted by atomic mass is 9.48. The number of para-hydroxylation sites is 1. The van der Waals surface area contributed by atoms with Gasteiger partial charge < -0.3 is 4.90 Å². The van der Waals surface area contributed by atoms with Gasteiger partial charge in [-0.15, -0.1) is 0 Å². The number of hydrogen-bond acceptors (Lipinski definition) is 1. The summed E-state index contributed by atoms with van der Waals surface area (Å²) in [6.45, 7) is 0. The van der Waals surface area contributed by atoms with Crippen LogP contribution in [0.15, 0.2) is 182 Å². The minimum absolute atomic E-state index is 0.434. The molecule has 7 aromatic carbocycles. The fourth-order valence-electron chi connectivity index (χ4n) is 11.9. The highest BCUT2D eigenvalue weighted by Gasteiger charge is 2.51. The van der Waals surface area contributed by atoms with Crippen molar-refractivity contribution in [2.45, 2.75) is 49.4 Å². The van der Waals surface area contributed by atoms with Crippen LogP contribution in [0, 0.1) is 17.8 Å². The van der Waals surface area contributed by atoms with E-state index in [4.69, 9.17) is 0 Å². The van der Waals surface area contributed by atoms with Crippen LogP contribution in [0.5, 0.6) is 0 Å². The SMILES string of the molecule is c1ccc(N(c2ccc(-c3ccc(C45CC6CC(CC(C6)C4)C5)cc3)cc2)c2ccc3c(c2)C(c2ccccc2)(c2ccccc2)c2ccccc2-3)cc1. The van der Waals surface area contributed by atoms with E-state index >= 15 is 0 Å². The zero-order valence-electron chi connectivity index (χ0n) is 30.7. The van der Waals surface area contributed by atoms with Crippen LogP contribution in [0.1, 0.15) is 66.3 Å². The summed E-state index contributed by atoms with van der Waals surface area (Å²) in [7, 11) is 0. The molecule has 54 heavy (non-hydrogen) atoms. The van der Waals surface area contributed by atoms with Crippen molar-refractivity contribution in [2.24, 2.45) is 17.8 Å². The molecule has 0 spiro atoms. The van der Waals surface area contributed by atoms with Gasteiger partial charge in [0.25, 0.3) is 0 Å². The predicted molar refractivity (Wildman–Crippen MR) is 224 cm³/mol. The maximum absolute atomic E-state index is 2.47. The molecule has 0 unspecified atom stereocenters. The second-order valence-corrected chi connectivity index (χ2v) is 16.8. The summed E-state index contributed by atoms with van der Waals surface area (Å²) in [5.41, 5.74) is 15.4. The standard InChI is InChI=1S/C53H45N/c1-4-12-43(13-5-1)53(44-14-6-2-7-15-44)50-19-11-10-18-48(50)49-29-28-47(33-51(49)53)54(45-16-8-3-9-17-45)46-26-22-41(23-27-46)40-20-24-42(25-21-40)52-34-37-30-38(35-52)32-39(31-37)36-52/h1-29,33,37-39H,30-32,34-36H2. The van der Waals surface area contributed by atoms with Crippen molar-refractivity contribution >= 4 is 17.1 Å². The van der Waals surface area contributed by atoms with Gasteiger partial charge in [0.05, 0.1) is 5.41 Å². The Kier molecular flexibility index (Phi) is 7.34. The molecule has 0 radical (unpaired) electrons. The van der Waals surface area contributed by atoms with Crippen molar-refractivity contribution < 1.29 is 0 Å². The number of benzene rings is 7. The van der Waals surface area contributed by atoms with Gasteiger partial charge in [-0.3, -0.25) is 0 Å². The minimum atomic E-state index is -0.445. The average Bonchev–Trinajstić information content (AvgIpc) is 3.52. The highest BCUT2D eigenvalue weighted by Crippen LogP contribution is 2.61. The molecular weight excluding hydrogens is 651 g/mol. The van der Waals surface area contributed by atoms with E-state index in [2.05, 4.69) is 187 Å². The van der Waals surface area contributed by atoms with Gasteiger partial charge in [-0.2, -0.15) is 0 Å². The largest absolute Gasteiger partial charge is 0.310 e. The molecule has 12 rings (SSSR count). The molecule has 262 valence electrons. The second-order valence-electron chi connectivity index (χ2n) is 16.8. The number of rotatable bonds is 7. The summed E-state index contributed by atoms with van der Waals surface area (Å²) in [4.78, 5) is 2.42. The Labute approximate surface area is 320 Å². The van der Waals surface area contributed by atoms with Gasteiger partial charge >= 0.3 is 0 Å². The first-order valence-corrected chi connectivity index (χ1v) is 20.1. The molecular formula is C53H45N. The van der Waals surface area contributed by atoms with Crippen molar-refractivity contribution in [3.05, 3.63) is 210 Å². The van der Waals surface area contributed by atoms with Crippen LogP contribution in [0.4, 0.5) is 17.1 Å². The number of hydrogen-bond donors (Lipinski definition) is 0. The molecule has 5 aliphatic carbocycles. The molecule has 0 aromatic heterocycles. The molecule has 0 atom stereocenters. The Morgan fingerprint density at radius 2 is 0.833 bits per heavy atom. The van der Waals surface area contributed by atoms with E-state index in [1.807, 2.05) is 0 Å². The number of nitrogens with zero attached hydrogens (tertiary/aromatic N) is 1. The van der Waals surface area contributed by atoms with Gasteiger partial charge in [0.15, 0.2) is 0 Å². The van der Waals surface area contributed by atoms with Crippen molar-refractivity contribution in [1.29, 1.82) is 0 Å². The van der Waals surface area contributed by atoms with E-state index in [1.54, 1.807) is 5.56 Å².